The molecule has 0 saturated heterocycles. The Balaban J connectivity index is 2.83. The van der Waals surface area contributed by atoms with Crippen molar-refractivity contribution in [1.29, 1.82) is 0 Å². The molecule has 0 heterocycles. The first-order valence-corrected chi connectivity index (χ1v) is 5.64. The maximum Gasteiger partial charge on any atom is 0.00254 e. The van der Waals surface area contributed by atoms with Gasteiger partial charge in [-0.15, -0.1) is 0 Å². The second-order valence-corrected chi connectivity index (χ2v) is 4.30. The summed E-state index contributed by atoms with van der Waals surface area (Å²) in [5.74, 6) is 0.628. The van der Waals surface area contributed by atoms with E-state index >= 15 is 0 Å². The molecule has 1 rings (SSSR count). The second kappa shape index (κ2) is 4.63. The highest BCUT2D eigenvalue weighted by molar-refractivity contribution is 5.50. The molecule has 0 radical (unpaired) electrons. The van der Waals surface area contributed by atoms with Crippen LogP contribution in [0.3, 0.4) is 0 Å². The summed E-state index contributed by atoms with van der Waals surface area (Å²) in [4.78, 5) is 0. The molecule has 0 fully saturated rings. The van der Waals surface area contributed by atoms with E-state index in [1.54, 1.807) is 5.57 Å². The molecule has 1 aliphatic carbocycles. The molecule has 0 bridgehead atoms. The average molecular weight is 190 g/mol. The fourth-order valence-corrected chi connectivity index (χ4v) is 2.04. The van der Waals surface area contributed by atoms with Crippen molar-refractivity contribution in [1.82, 2.24) is 0 Å². The minimum absolute atomic E-state index is 0.628. The van der Waals surface area contributed by atoms with Gasteiger partial charge >= 0.3 is 0 Å². The smallest absolute Gasteiger partial charge is 0.00254 e. The number of hydrogen-bond donors (Lipinski definition) is 0. The number of allylic oxidation sites excluding steroid dienone is 6. The first kappa shape index (κ1) is 11.3. The van der Waals surface area contributed by atoms with Crippen LogP contribution in [0.2, 0.25) is 0 Å². The molecule has 1 atom stereocenters. The molecule has 0 heteroatoms. The van der Waals surface area contributed by atoms with Gasteiger partial charge in [0.2, 0.25) is 0 Å². The largest absolute Gasteiger partial charge is 0.0842 e. The second-order valence-electron chi connectivity index (χ2n) is 4.30. The Hall–Kier alpha value is -0.780. The van der Waals surface area contributed by atoms with Gasteiger partial charge in [-0.05, 0) is 43.9 Å². The van der Waals surface area contributed by atoms with Gasteiger partial charge in [0.1, 0.15) is 0 Å². The van der Waals surface area contributed by atoms with Gasteiger partial charge in [0.25, 0.3) is 0 Å². The zero-order valence-corrected chi connectivity index (χ0v) is 10.1. The number of hydrogen-bond acceptors (Lipinski definition) is 0. The van der Waals surface area contributed by atoms with Gasteiger partial charge in [0, 0.05) is 5.92 Å². The third-order valence-electron chi connectivity index (χ3n) is 3.46. The van der Waals surface area contributed by atoms with Gasteiger partial charge in [-0.25, -0.2) is 0 Å². The Morgan fingerprint density at radius 2 is 1.79 bits per heavy atom. The average Bonchev–Trinajstić information content (AvgIpc) is 2.35. The van der Waals surface area contributed by atoms with Crippen LogP contribution in [0.25, 0.3) is 0 Å². The molecule has 0 nitrogen and oxygen atoms in total. The Kier molecular flexibility index (Phi) is 3.74. The monoisotopic (exact) mass is 190 g/mol. The van der Waals surface area contributed by atoms with Gasteiger partial charge < -0.3 is 0 Å². The molecule has 14 heavy (non-hydrogen) atoms. The standard InChI is InChI=1S/C14H22/c1-6-7-8-9-14-12(4)10(2)11(3)13(14)5/h8-9,12H,6-7H2,1-5H3/b9-8+. The highest BCUT2D eigenvalue weighted by Gasteiger charge is 2.20. The lowest BCUT2D eigenvalue weighted by molar-refractivity contribution is 0.834. The van der Waals surface area contributed by atoms with E-state index in [9.17, 15) is 0 Å². The van der Waals surface area contributed by atoms with Crippen molar-refractivity contribution in [2.45, 2.75) is 47.5 Å². The molecule has 0 saturated carbocycles. The van der Waals surface area contributed by atoms with Crippen LogP contribution in [0.4, 0.5) is 0 Å². The molecule has 1 aliphatic rings. The third-order valence-corrected chi connectivity index (χ3v) is 3.46. The third kappa shape index (κ3) is 2.00. The predicted octanol–water partition coefficient (Wildman–Crippen LogP) is 4.65. The van der Waals surface area contributed by atoms with Crippen molar-refractivity contribution < 1.29 is 0 Å². The fourth-order valence-electron chi connectivity index (χ4n) is 2.04. The zero-order valence-electron chi connectivity index (χ0n) is 10.1. The lowest BCUT2D eigenvalue weighted by Crippen LogP contribution is -1.94. The van der Waals surface area contributed by atoms with Crippen LogP contribution in [0.1, 0.15) is 47.5 Å². The molecule has 0 aliphatic heterocycles. The Morgan fingerprint density at radius 1 is 1.14 bits per heavy atom. The maximum atomic E-state index is 2.32. The van der Waals surface area contributed by atoms with Crippen molar-refractivity contribution >= 4 is 0 Å². The SMILES string of the molecule is CCC/C=C/C1=C(C)C(C)=C(C)C1C. The van der Waals surface area contributed by atoms with E-state index in [0.29, 0.717) is 5.92 Å². The van der Waals surface area contributed by atoms with Crippen molar-refractivity contribution in [3.63, 3.8) is 0 Å². The van der Waals surface area contributed by atoms with E-state index in [0.717, 1.165) is 0 Å². The van der Waals surface area contributed by atoms with Crippen LogP contribution in [-0.2, 0) is 0 Å². The first-order chi connectivity index (χ1) is 6.59. The number of unbranched alkanes of at least 4 members (excludes halogenated alkanes) is 1. The van der Waals surface area contributed by atoms with Gasteiger partial charge in [0.05, 0.1) is 0 Å². The predicted molar refractivity (Wildman–Crippen MR) is 64.3 cm³/mol. The topological polar surface area (TPSA) is 0 Å². The molecule has 1 unspecified atom stereocenters. The molecule has 0 aromatic heterocycles. The lowest BCUT2D eigenvalue weighted by Gasteiger charge is -2.07. The van der Waals surface area contributed by atoms with E-state index in [2.05, 4.69) is 46.8 Å². The van der Waals surface area contributed by atoms with Crippen LogP contribution < -0.4 is 0 Å². The summed E-state index contributed by atoms with van der Waals surface area (Å²) >= 11 is 0. The first-order valence-electron chi connectivity index (χ1n) is 5.64. The quantitative estimate of drug-likeness (QED) is 0.608. The van der Waals surface area contributed by atoms with Gasteiger partial charge in [-0.3, -0.25) is 0 Å². The highest BCUT2D eigenvalue weighted by atomic mass is 14.3. The van der Waals surface area contributed by atoms with Crippen LogP contribution in [-0.4, -0.2) is 0 Å². The molecule has 0 amide bonds. The van der Waals surface area contributed by atoms with Crippen LogP contribution in [0.15, 0.2) is 34.4 Å². The summed E-state index contributed by atoms with van der Waals surface area (Å²) in [6.45, 7) is 11.3. The summed E-state index contributed by atoms with van der Waals surface area (Å²) in [5.41, 5.74) is 6.04. The van der Waals surface area contributed by atoms with Gasteiger partial charge in [0.15, 0.2) is 0 Å². The van der Waals surface area contributed by atoms with E-state index < -0.39 is 0 Å². The van der Waals surface area contributed by atoms with Gasteiger partial charge in [-0.1, -0.05) is 38.0 Å². The Bertz CT molecular complexity index is 300. The van der Waals surface area contributed by atoms with Crippen LogP contribution >= 0.6 is 0 Å². The zero-order chi connectivity index (χ0) is 10.7. The van der Waals surface area contributed by atoms with E-state index in [-0.39, 0.29) is 0 Å². The highest BCUT2D eigenvalue weighted by Crippen LogP contribution is 2.37. The summed E-state index contributed by atoms with van der Waals surface area (Å²) in [6.07, 6.45) is 7.06. The number of rotatable bonds is 3. The van der Waals surface area contributed by atoms with Crippen molar-refractivity contribution in [2.75, 3.05) is 0 Å². The normalized spacial score (nSPS) is 23.1. The molecule has 0 aromatic carbocycles. The molecular weight excluding hydrogens is 168 g/mol. The van der Waals surface area contributed by atoms with E-state index in [1.165, 1.54) is 29.6 Å². The van der Waals surface area contributed by atoms with Crippen molar-refractivity contribution in [2.24, 2.45) is 5.92 Å². The van der Waals surface area contributed by atoms with Crippen molar-refractivity contribution in [3.8, 4) is 0 Å². The summed E-state index contributed by atoms with van der Waals surface area (Å²) < 4.78 is 0. The Labute approximate surface area is 88.4 Å². The summed E-state index contributed by atoms with van der Waals surface area (Å²) in [6, 6.07) is 0. The lowest BCUT2D eigenvalue weighted by atomic mass is 9.97. The van der Waals surface area contributed by atoms with E-state index in [1.807, 2.05) is 0 Å². The van der Waals surface area contributed by atoms with Crippen LogP contribution in [0.5, 0.6) is 0 Å². The minimum atomic E-state index is 0.628. The van der Waals surface area contributed by atoms with Gasteiger partial charge in [-0.2, -0.15) is 0 Å². The summed E-state index contributed by atoms with van der Waals surface area (Å²) in [5, 5.41) is 0. The molecule has 0 aromatic rings. The summed E-state index contributed by atoms with van der Waals surface area (Å²) in [7, 11) is 0. The molecule has 0 N–H and O–H groups in total. The molecule has 78 valence electrons. The van der Waals surface area contributed by atoms with Crippen molar-refractivity contribution in [3.05, 3.63) is 34.4 Å². The molecular formula is C14H22. The molecule has 0 spiro atoms. The Morgan fingerprint density at radius 3 is 2.21 bits per heavy atom. The fraction of sp³-hybridized carbons (Fsp3) is 0.571. The minimum Gasteiger partial charge on any atom is -0.0842 e. The van der Waals surface area contributed by atoms with E-state index in [4.69, 9.17) is 0 Å². The maximum absolute atomic E-state index is 2.32. The van der Waals surface area contributed by atoms with Crippen LogP contribution in [0, 0.1) is 5.92 Å².